The first-order valence-electron chi connectivity index (χ1n) is 20.5. The van der Waals surface area contributed by atoms with Crippen molar-refractivity contribution in [3.63, 3.8) is 0 Å². The first-order valence-corrected chi connectivity index (χ1v) is 20.9. The van der Waals surface area contributed by atoms with Crippen LogP contribution in [0.4, 0.5) is 10.5 Å². The van der Waals surface area contributed by atoms with Gasteiger partial charge in [-0.05, 0) is 101 Å². The number of imide groups is 1. The average Bonchev–Trinajstić information content (AvgIpc) is 3.68. The van der Waals surface area contributed by atoms with Crippen molar-refractivity contribution < 1.29 is 28.7 Å². The van der Waals surface area contributed by atoms with Gasteiger partial charge in [-0.2, -0.15) is 5.26 Å². The first kappa shape index (κ1) is 41.5. The number of halogens is 1. The summed E-state index contributed by atoms with van der Waals surface area (Å²) in [6.45, 7) is 7.50. The molecule has 5 amide bonds. The molecule has 3 fully saturated rings. The van der Waals surface area contributed by atoms with Gasteiger partial charge in [-0.15, -0.1) is 0 Å². The van der Waals surface area contributed by atoms with Gasteiger partial charge >= 0.3 is 6.03 Å². The number of benzene rings is 2. The lowest BCUT2D eigenvalue weighted by Crippen LogP contribution is -2.49. The molecule has 0 radical (unpaired) electrons. The number of anilines is 1. The number of rotatable bonds is 13. The van der Waals surface area contributed by atoms with E-state index in [1.807, 2.05) is 36.3 Å². The van der Waals surface area contributed by atoms with Crippen molar-refractivity contribution in [1.82, 2.24) is 30.0 Å². The lowest BCUT2D eigenvalue weighted by Gasteiger charge is -2.37. The van der Waals surface area contributed by atoms with Crippen LogP contribution in [0.2, 0.25) is 5.02 Å². The lowest BCUT2D eigenvalue weighted by molar-refractivity contribution is -0.120. The number of hydrogen-bond acceptors (Lipinski definition) is 9. The minimum atomic E-state index is -0.475. The number of fused-ring (bicyclic) bond motifs is 1. The second-order valence-electron chi connectivity index (χ2n) is 15.9. The summed E-state index contributed by atoms with van der Waals surface area (Å²) in [5, 5.41) is 15.8. The van der Waals surface area contributed by atoms with E-state index in [0.717, 1.165) is 75.5 Å². The Labute approximate surface area is 349 Å². The number of amides is 5. The minimum absolute atomic E-state index is 0.0190. The number of hydrogen-bond donors (Lipinski definition) is 2. The van der Waals surface area contributed by atoms with Gasteiger partial charge in [0.1, 0.15) is 23.3 Å². The van der Waals surface area contributed by atoms with E-state index in [9.17, 15) is 19.2 Å². The van der Waals surface area contributed by atoms with Crippen LogP contribution < -0.4 is 25.0 Å². The van der Waals surface area contributed by atoms with Crippen LogP contribution in [0.1, 0.15) is 97.7 Å². The van der Waals surface area contributed by atoms with Crippen molar-refractivity contribution in [3.8, 4) is 17.6 Å². The molecule has 3 aliphatic rings. The van der Waals surface area contributed by atoms with Gasteiger partial charge in [0, 0.05) is 81.0 Å². The van der Waals surface area contributed by atoms with Gasteiger partial charge in [0.05, 0.1) is 40.7 Å². The fraction of sp³-hybridized carbons (Fsp3) is 0.455. The minimum Gasteiger partial charge on any atom is -0.492 e. The van der Waals surface area contributed by atoms with Crippen LogP contribution >= 0.6 is 11.6 Å². The number of piperidine rings is 1. The Kier molecular flexibility index (Phi) is 13.0. The van der Waals surface area contributed by atoms with Gasteiger partial charge < -0.3 is 29.2 Å². The first-order chi connectivity index (χ1) is 28.5. The molecule has 2 aromatic heterocycles. The van der Waals surface area contributed by atoms with Crippen molar-refractivity contribution >= 4 is 51.9 Å². The summed E-state index contributed by atoms with van der Waals surface area (Å²) < 4.78 is 14.1. The number of nitrogens with zero attached hydrogens (tertiary/aromatic N) is 6. The van der Waals surface area contributed by atoms with E-state index in [2.05, 4.69) is 38.9 Å². The second kappa shape index (κ2) is 18.5. The summed E-state index contributed by atoms with van der Waals surface area (Å²) in [4.78, 5) is 61.8. The van der Waals surface area contributed by atoms with Crippen LogP contribution in [0.3, 0.4) is 0 Å². The normalized spacial score (nSPS) is 19.0. The SMILES string of the molecule is CC(C)n1ccc2c(N3CCC(=O)NC3=O)cc(C(=O)N(C)C3CCN(CCCOc4ccc(C(=O)NC5CCC(Oc6ccc(C#N)c(Cl)c6)CC5)nc4)CC3)cc21. The van der Waals surface area contributed by atoms with Crippen LogP contribution in [0, 0.1) is 11.3 Å². The molecule has 2 saturated heterocycles. The predicted octanol–water partition coefficient (Wildman–Crippen LogP) is 6.71. The third-order valence-electron chi connectivity index (χ3n) is 11.6. The van der Waals surface area contributed by atoms with Crippen molar-refractivity contribution in [3.05, 3.63) is 82.8 Å². The molecule has 1 aliphatic carbocycles. The largest absolute Gasteiger partial charge is 0.492 e. The summed E-state index contributed by atoms with van der Waals surface area (Å²) in [6, 6.07) is 16.0. The Balaban J connectivity index is 0.830. The molecule has 310 valence electrons. The molecule has 4 aromatic rings. The topological polar surface area (TPSA) is 162 Å². The number of aromatic nitrogens is 2. The number of urea groups is 1. The molecule has 1 saturated carbocycles. The molecule has 0 atom stereocenters. The number of pyridine rings is 1. The standard InChI is InChI=1S/C44H51ClN8O6/c1-28(2)52-20-15-36-39(52)23-30(24-40(36)53-21-16-41(54)49-44(53)57)43(56)50(3)32-13-18-51(19-14-32)17-4-22-58-35-11-12-38(47-27-35)42(55)48-31-6-9-33(10-7-31)59-34-8-5-29(26-46)37(45)25-34/h5,8,11-12,15,20,23-25,27-28,31-33H,4,6-7,9-10,13-14,16-19,21-22H2,1-3H3,(H,48,55)(H,49,54,57). The highest BCUT2D eigenvalue weighted by atomic mass is 35.5. The van der Waals surface area contributed by atoms with Crippen LogP contribution in [0.15, 0.2) is 60.9 Å². The predicted molar refractivity (Wildman–Crippen MR) is 224 cm³/mol. The highest BCUT2D eigenvalue weighted by Gasteiger charge is 2.30. The number of nitriles is 1. The van der Waals surface area contributed by atoms with Gasteiger partial charge in [0.25, 0.3) is 11.8 Å². The van der Waals surface area contributed by atoms with Crippen molar-refractivity contribution in [2.45, 2.75) is 89.4 Å². The molecule has 14 nitrogen and oxygen atoms in total. The molecule has 59 heavy (non-hydrogen) atoms. The summed E-state index contributed by atoms with van der Waals surface area (Å²) in [7, 11) is 1.86. The zero-order valence-electron chi connectivity index (χ0n) is 33.8. The maximum atomic E-state index is 14.0. The monoisotopic (exact) mass is 822 g/mol. The van der Waals surface area contributed by atoms with E-state index < -0.39 is 6.03 Å². The summed E-state index contributed by atoms with van der Waals surface area (Å²) in [5.74, 6) is 0.638. The van der Waals surface area contributed by atoms with Gasteiger partial charge in [-0.3, -0.25) is 24.6 Å². The summed E-state index contributed by atoms with van der Waals surface area (Å²) in [6.07, 6.45) is 9.43. The van der Waals surface area contributed by atoms with E-state index in [4.69, 9.17) is 26.3 Å². The smallest absolute Gasteiger partial charge is 0.328 e. The Bertz CT molecular complexity index is 2220. The van der Waals surface area contributed by atoms with E-state index in [1.54, 1.807) is 47.5 Å². The van der Waals surface area contributed by atoms with Crippen molar-refractivity contribution in [1.29, 1.82) is 5.26 Å². The average molecular weight is 823 g/mol. The van der Waals surface area contributed by atoms with Gasteiger partial charge in [-0.25, -0.2) is 9.78 Å². The molecule has 2 N–H and O–H groups in total. The number of ether oxygens (including phenoxy) is 2. The van der Waals surface area contributed by atoms with Crippen LogP contribution in [0.25, 0.3) is 10.9 Å². The maximum Gasteiger partial charge on any atom is 0.328 e. The lowest BCUT2D eigenvalue weighted by atomic mass is 9.92. The van der Waals surface area contributed by atoms with Crippen LogP contribution in [-0.2, 0) is 4.79 Å². The number of likely N-dealkylation sites (tertiary alicyclic amines) is 1. The number of nitrogens with one attached hydrogen (secondary N) is 2. The zero-order chi connectivity index (χ0) is 41.6. The Morgan fingerprint density at radius 2 is 1.78 bits per heavy atom. The summed E-state index contributed by atoms with van der Waals surface area (Å²) >= 11 is 6.14. The van der Waals surface area contributed by atoms with E-state index in [1.165, 1.54) is 0 Å². The highest BCUT2D eigenvalue weighted by Crippen LogP contribution is 2.34. The zero-order valence-corrected chi connectivity index (χ0v) is 34.5. The van der Waals surface area contributed by atoms with Gasteiger partial charge in [0.15, 0.2) is 0 Å². The van der Waals surface area contributed by atoms with E-state index in [-0.39, 0.29) is 54.9 Å². The fourth-order valence-corrected chi connectivity index (χ4v) is 8.46. The quantitative estimate of drug-likeness (QED) is 0.140. The molecule has 4 heterocycles. The molecule has 15 heteroatoms. The Morgan fingerprint density at radius 3 is 2.46 bits per heavy atom. The highest BCUT2D eigenvalue weighted by molar-refractivity contribution is 6.31. The Hall–Kier alpha value is -5.65. The number of carbonyl (C=O) groups excluding carboxylic acids is 4. The van der Waals surface area contributed by atoms with Crippen molar-refractivity contribution in [2.75, 3.05) is 44.7 Å². The molecule has 0 spiro atoms. The molecule has 2 aromatic carbocycles. The third-order valence-corrected chi connectivity index (χ3v) is 11.9. The van der Waals surface area contributed by atoms with Gasteiger partial charge in [-0.1, -0.05) is 11.6 Å². The van der Waals surface area contributed by atoms with Crippen LogP contribution in [-0.4, -0.2) is 101 Å². The molecule has 0 bridgehead atoms. The van der Waals surface area contributed by atoms with Crippen LogP contribution in [0.5, 0.6) is 11.5 Å². The Morgan fingerprint density at radius 1 is 1.02 bits per heavy atom. The summed E-state index contributed by atoms with van der Waals surface area (Å²) in [5.41, 5.74) is 2.77. The van der Waals surface area contributed by atoms with E-state index >= 15 is 0 Å². The van der Waals surface area contributed by atoms with Gasteiger partial charge in [0.2, 0.25) is 5.91 Å². The number of carbonyl (C=O) groups is 4. The molecular formula is C44H51ClN8O6. The van der Waals surface area contributed by atoms with Crippen molar-refractivity contribution in [2.24, 2.45) is 0 Å². The second-order valence-corrected chi connectivity index (χ2v) is 16.3. The molecule has 2 aliphatic heterocycles. The third kappa shape index (κ3) is 9.80. The molecule has 7 rings (SSSR count). The van der Waals surface area contributed by atoms with E-state index in [0.29, 0.717) is 45.6 Å². The fourth-order valence-electron chi connectivity index (χ4n) is 8.25. The maximum absolute atomic E-state index is 14.0. The molecular weight excluding hydrogens is 772 g/mol. The molecule has 0 unspecified atom stereocenters.